The maximum Gasteiger partial charge on any atom is 0.252 e. The number of rotatable bonds is 3. The molecule has 22 heavy (non-hydrogen) atoms. The Balaban J connectivity index is 1.84. The fourth-order valence-electron chi connectivity index (χ4n) is 2.56. The smallest absolute Gasteiger partial charge is 0.252 e. The molecular formula is C17H18N4O. The quantitative estimate of drug-likeness (QED) is 0.808. The Morgan fingerprint density at radius 2 is 2.00 bits per heavy atom. The number of fused-ring (bicyclic) bond motifs is 1. The fraction of sp³-hybridized carbons (Fsp3) is 0.235. The first-order chi connectivity index (χ1) is 10.6. The van der Waals surface area contributed by atoms with Crippen LogP contribution in [0.3, 0.4) is 0 Å². The number of amides is 1. The van der Waals surface area contributed by atoms with Crippen LogP contribution in [0.1, 0.15) is 40.3 Å². The molecular weight excluding hydrogens is 276 g/mol. The van der Waals surface area contributed by atoms with Gasteiger partial charge >= 0.3 is 0 Å². The number of benzene rings is 1. The lowest BCUT2D eigenvalue weighted by Gasteiger charge is -2.14. The van der Waals surface area contributed by atoms with Gasteiger partial charge in [-0.1, -0.05) is 23.8 Å². The van der Waals surface area contributed by atoms with Gasteiger partial charge in [-0.25, -0.2) is 0 Å². The largest absolute Gasteiger partial charge is 0.342 e. The van der Waals surface area contributed by atoms with Gasteiger partial charge in [0.05, 0.1) is 6.04 Å². The van der Waals surface area contributed by atoms with Gasteiger partial charge in [0.25, 0.3) is 5.91 Å². The first-order valence-corrected chi connectivity index (χ1v) is 7.24. The molecule has 112 valence electrons. The van der Waals surface area contributed by atoms with Gasteiger partial charge in [-0.15, -0.1) is 10.2 Å². The average Bonchev–Trinajstić information content (AvgIpc) is 2.91. The van der Waals surface area contributed by atoms with Gasteiger partial charge in [0, 0.05) is 11.8 Å². The van der Waals surface area contributed by atoms with Crippen molar-refractivity contribution in [3.63, 3.8) is 0 Å². The van der Waals surface area contributed by atoms with E-state index in [2.05, 4.69) is 15.5 Å². The number of carbonyl (C=O) groups is 1. The lowest BCUT2D eigenvalue weighted by Crippen LogP contribution is -2.28. The van der Waals surface area contributed by atoms with Crippen LogP contribution in [0.2, 0.25) is 0 Å². The molecule has 5 nitrogen and oxygen atoms in total. The van der Waals surface area contributed by atoms with Crippen LogP contribution in [0, 0.1) is 13.8 Å². The maximum atomic E-state index is 12.4. The molecule has 0 saturated heterocycles. The Morgan fingerprint density at radius 3 is 2.77 bits per heavy atom. The van der Waals surface area contributed by atoms with Crippen molar-refractivity contribution in [3.05, 3.63) is 65.1 Å². The monoisotopic (exact) mass is 294 g/mol. The second kappa shape index (κ2) is 5.60. The molecule has 1 amide bonds. The summed E-state index contributed by atoms with van der Waals surface area (Å²) in [7, 11) is 0. The highest BCUT2D eigenvalue weighted by molar-refractivity contribution is 5.95. The lowest BCUT2D eigenvalue weighted by molar-refractivity contribution is 0.0937. The summed E-state index contributed by atoms with van der Waals surface area (Å²) in [5.41, 5.74) is 3.57. The van der Waals surface area contributed by atoms with Crippen LogP contribution in [0.4, 0.5) is 0 Å². The summed E-state index contributed by atoms with van der Waals surface area (Å²) in [5.74, 6) is 0.617. The lowest BCUT2D eigenvalue weighted by atomic mass is 10.0. The van der Waals surface area contributed by atoms with E-state index < -0.39 is 0 Å². The summed E-state index contributed by atoms with van der Waals surface area (Å²) in [5, 5.41) is 11.3. The number of hydrogen-bond acceptors (Lipinski definition) is 3. The molecule has 0 radical (unpaired) electrons. The number of nitrogens with zero attached hydrogens (tertiary/aromatic N) is 3. The number of aromatic nitrogens is 3. The number of nitrogens with one attached hydrogen (secondary N) is 1. The van der Waals surface area contributed by atoms with Gasteiger partial charge < -0.3 is 5.32 Å². The molecule has 0 aliphatic carbocycles. The van der Waals surface area contributed by atoms with Crippen molar-refractivity contribution in [3.8, 4) is 0 Å². The normalized spacial score (nSPS) is 12.3. The van der Waals surface area contributed by atoms with Gasteiger partial charge in [-0.05, 0) is 44.5 Å². The molecule has 0 unspecified atom stereocenters. The second-order valence-electron chi connectivity index (χ2n) is 5.50. The van der Waals surface area contributed by atoms with Gasteiger partial charge in [-0.3, -0.25) is 9.20 Å². The van der Waals surface area contributed by atoms with Crippen LogP contribution in [-0.2, 0) is 0 Å². The van der Waals surface area contributed by atoms with E-state index in [0.717, 1.165) is 16.8 Å². The topological polar surface area (TPSA) is 59.3 Å². The van der Waals surface area contributed by atoms with Crippen LogP contribution in [-0.4, -0.2) is 20.5 Å². The standard InChI is InChI=1S/C17H18N4O/c1-11-7-8-14(12(2)10-11)17(22)18-13(3)16-20-19-15-6-4-5-9-21(15)16/h4-10,13H,1-3H3,(H,18,22)/t13-/m0/s1. The molecule has 0 spiro atoms. The summed E-state index contributed by atoms with van der Waals surface area (Å²) in [6.45, 7) is 5.86. The molecule has 0 fully saturated rings. The van der Waals surface area contributed by atoms with Crippen molar-refractivity contribution in [2.75, 3.05) is 0 Å². The Kier molecular flexibility index (Phi) is 3.63. The van der Waals surface area contributed by atoms with Crippen molar-refractivity contribution in [2.45, 2.75) is 26.8 Å². The first-order valence-electron chi connectivity index (χ1n) is 7.24. The van der Waals surface area contributed by atoms with E-state index in [1.807, 2.05) is 67.8 Å². The van der Waals surface area contributed by atoms with E-state index in [9.17, 15) is 4.79 Å². The number of carbonyl (C=O) groups excluding carboxylic acids is 1. The summed E-state index contributed by atoms with van der Waals surface area (Å²) in [4.78, 5) is 12.4. The summed E-state index contributed by atoms with van der Waals surface area (Å²) >= 11 is 0. The Labute approximate surface area is 129 Å². The van der Waals surface area contributed by atoms with Crippen molar-refractivity contribution in [1.29, 1.82) is 0 Å². The second-order valence-corrected chi connectivity index (χ2v) is 5.50. The summed E-state index contributed by atoms with van der Waals surface area (Å²) in [6.07, 6.45) is 1.89. The third kappa shape index (κ3) is 2.57. The molecule has 0 bridgehead atoms. The number of hydrogen-bond donors (Lipinski definition) is 1. The third-order valence-electron chi connectivity index (χ3n) is 3.70. The molecule has 2 aromatic heterocycles. The van der Waals surface area contributed by atoms with Gasteiger partial charge in [0.2, 0.25) is 0 Å². The van der Waals surface area contributed by atoms with Crippen LogP contribution in [0.5, 0.6) is 0 Å². The van der Waals surface area contributed by atoms with E-state index in [4.69, 9.17) is 0 Å². The third-order valence-corrected chi connectivity index (χ3v) is 3.70. The van der Waals surface area contributed by atoms with Crippen molar-refractivity contribution < 1.29 is 4.79 Å². The van der Waals surface area contributed by atoms with E-state index >= 15 is 0 Å². The minimum atomic E-state index is -0.231. The van der Waals surface area contributed by atoms with E-state index in [-0.39, 0.29) is 11.9 Å². The zero-order valence-electron chi connectivity index (χ0n) is 12.9. The molecule has 0 aliphatic heterocycles. The zero-order valence-corrected chi connectivity index (χ0v) is 12.9. The molecule has 0 saturated carbocycles. The van der Waals surface area contributed by atoms with Crippen molar-refractivity contribution in [2.24, 2.45) is 0 Å². The maximum absolute atomic E-state index is 12.4. The summed E-state index contributed by atoms with van der Waals surface area (Å²) in [6, 6.07) is 11.3. The number of aryl methyl sites for hydroxylation is 2. The SMILES string of the molecule is Cc1ccc(C(=O)N[C@@H](C)c2nnc3ccccn23)c(C)c1. The van der Waals surface area contributed by atoms with E-state index in [1.54, 1.807) is 0 Å². The van der Waals surface area contributed by atoms with Gasteiger partial charge in [0.1, 0.15) is 0 Å². The van der Waals surface area contributed by atoms with Crippen LogP contribution < -0.4 is 5.32 Å². The Bertz CT molecular complexity index is 838. The molecule has 5 heteroatoms. The minimum Gasteiger partial charge on any atom is -0.342 e. The average molecular weight is 294 g/mol. The highest BCUT2D eigenvalue weighted by Gasteiger charge is 2.17. The minimum absolute atomic E-state index is 0.0994. The highest BCUT2D eigenvalue weighted by Crippen LogP contribution is 2.15. The number of pyridine rings is 1. The van der Waals surface area contributed by atoms with Crippen molar-refractivity contribution >= 4 is 11.6 Å². The molecule has 1 N–H and O–H groups in total. The molecule has 1 aromatic carbocycles. The fourth-order valence-corrected chi connectivity index (χ4v) is 2.56. The van der Waals surface area contributed by atoms with E-state index in [0.29, 0.717) is 11.4 Å². The Hall–Kier alpha value is -2.69. The van der Waals surface area contributed by atoms with Crippen LogP contribution in [0.25, 0.3) is 5.65 Å². The summed E-state index contributed by atoms with van der Waals surface area (Å²) < 4.78 is 1.88. The molecule has 1 atom stereocenters. The van der Waals surface area contributed by atoms with Crippen LogP contribution in [0.15, 0.2) is 42.6 Å². The molecule has 0 aliphatic rings. The van der Waals surface area contributed by atoms with Gasteiger partial charge in [-0.2, -0.15) is 0 Å². The Morgan fingerprint density at radius 1 is 1.18 bits per heavy atom. The first kappa shape index (κ1) is 14.3. The predicted octanol–water partition coefficient (Wildman–Crippen LogP) is 2.84. The van der Waals surface area contributed by atoms with Crippen molar-refractivity contribution in [1.82, 2.24) is 19.9 Å². The molecule has 3 aromatic rings. The van der Waals surface area contributed by atoms with E-state index in [1.165, 1.54) is 0 Å². The zero-order chi connectivity index (χ0) is 15.7. The predicted molar refractivity (Wildman–Crippen MR) is 84.8 cm³/mol. The molecule has 3 rings (SSSR count). The highest BCUT2D eigenvalue weighted by atomic mass is 16.1. The molecule has 2 heterocycles. The van der Waals surface area contributed by atoms with Gasteiger partial charge in [0.15, 0.2) is 11.5 Å². The van der Waals surface area contributed by atoms with Crippen LogP contribution >= 0.6 is 0 Å².